The van der Waals surface area contributed by atoms with Gasteiger partial charge in [0.1, 0.15) is 0 Å². The molecule has 0 spiro atoms. The van der Waals surface area contributed by atoms with Gasteiger partial charge in [-0.3, -0.25) is 0 Å². The summed E-state index contributed by atoms with van der Waals surface area (Å²) in [5.74, 6) is 0. The van der Waals surface area contributed by atoms with Crippen molar-refractivity contribution in [1.82, 2.24) is 5.32 Å². The average Bonchev–Trinajstić information content (AvgIpc) is 2.33. The molecule has 2 atom stereocenters. The van der Waals surface area contributed by atoms with E-state index in [1.54, 1.807) is 0 Å². The molecule has 1 aliphatic rings. The Kier molecular flexibility index (Phi) is 3.65. The van der Waals surface area contributed by atoms with Crippen LogP contribution in [0, 0.1) is 18.3 Å². The van der Waals surface area contributed by atoms with Gasteiger partial charge in [-0.2, -0.15) is 5.26 Å². The maximum absolute atomic E-state index is 8.79. The number of nitrogens with one attached hydrogen (secondary N) is 1. The van der Waals surface area contributed by atoms with E-state index in [2.05, 4.69) is 54.4 Å². The fourth-order valence-electron chi connectivity index (χ4n) is 2.40. The molecule has 0 aromatic heterocycles. The van der Waals surface area contributed by atoms with Crippen molar-refractivity contribution in [2.24, 2.45) is 0 Å². The number of para-hydroxylation sites is 1. The smallest absolute Gasteiger partial charge is 0.0638 e. The second-order valence-electron chi connectivity index (χ2n) is 4.76. The van der Waals surface area contributed by atoms with E-state index in [9.17, 15) is 0 Å². The summed E-state index contributed by atoms with van der Waals surface area (Å²) >= 11 is 0. The second-order valence-corrected chi connectivity index (χ2v) is 4.76. The third kappa shape index (κ3) is 2.59. The first-order valence-electron chi connectivity index (χ1n) is 6.15. The molecule has 3 nitrogen and oxygen atoms in total. The van der Waals surface area contributed by atoms with Crippen LogP contribution in [0.25, 0.3) is 0 Å². The molecule has 1 aromatic carbocycles. The highest BCUT2D eigenvalue weighted by molar-refractivity contribution is 5.54. The van der Waals surface area contributed by atoms with Crippen LogP contribution in [-0.2, 0) is 0 Å². The summed E-state index contributed by atoms with van der Waals surface area (Å²) in [4.78, 5) is 2.41. The van der Waals surface area contributed by atoms with Gasteiger partial charge < -0.3 is 10.2 Å². The monoisotopic (exact) mass is 229 g/mol. The van der Waals surface area contributed by atoms with E-state index in [4.69, 9.17) is 5.26 Å². The first kappa shape index (κ1) is 11.9. The van der Waals surface area contributed by atoms with Crippen LogP contribution in [0.5, 0.6) is 0 Å². The minimum atomic E-state index is 0.288. The molecule has 90 valence electrons. The van der Waals surface area contributed by atoms with Crippen LogP contribution in [0.3, 0.4) is 0 Å². The first-order chi connectivity index (χ1) is 8.22. The van der Waals surface area contributed by atoms with E-state index in [-0.39, 0.29) is 6.04 Å². The number of hydrogen-bond acceptors (Lipinski definition) is 3. The van der Waals surface area contributed by atoms with Crippen LogP contribution in [-0.4, -0.2) is 25.2 Å². The summed E-state index contributed by atoms with van der Waals surface area (Å²) < 4.78 is 0. The zero-order valence-corrected chi connectivity index (χ0v) is 10.5. The molecule has 1 aromatic rings. The fourth-order valence-corrected chi connectivity index (χ4v) is 2.40. The molecule has 0 saturated carbocycles. The summed E-state index contributed by atoms with van der Waals surface area (Å²) in [5.41, 5.74) is 2.60. The SMILES string of the molecule is Cc1ccccc1N1CC(CC#N)NCC1C. The van der Waals surface area contributed by atoms with E-state index in [1.165, 1.54) is 11.3 Å². The molecular weight excluding hydrogens is 210 g/mol. The van der Waals surface area contributed by atoms with E-state index in [1.807, 2.05) is 0 Å². The molecule has 1 fully saturated rings. The van der Waals surface area contributed by atoms with Gasteiger partial charge in [-0.15, -0.1) is 0 Å². The summed E-state index contributed by atoms with van der Waals surface area (Å²) in [5, 5.41) is 12.2. The van der Waals surface area contributed by atoms with Gasteiger partial charge in [0.25, 0.3) is 0 Å². The molecule has 17 heavy (non-hydrogen) atoms. The zero-order chi connectivity index (χ0) is 12.3. The largest absolute Gasteiger partial charge is 0.366 e. The Balaban J connectivity index is 2.18. The van der Waals surface area contributed by atoms with Gasteiger partial charge >= 0.3 is 0 Å². The number of piperazine rings is 1. The van der Waals surface area contributed by atoms with Gasteiger partial charge in [0, 0.05) is 30.9 Å². The zero-order valence-electron chi connectivity index (χ0n) is 10.5. The van der Waals surface area contributed by atoms with E-state index in [0.717, 1.165) is 13.1 Å². The molecule has 0 aliphatic carbocycles. The molecule has 1 heterocycles. The molecule has 0 bridgehead atoms. The highest BCUT2D eigenvalue weighted by atomic mass is 15.2. The van der Waals surface area contributed by atoms with Gasteiger partial charge in [0.05, 0.1) is 12.5 Å². The summed E-state index contributed by atoms with van der Waals surface area (Å²) in [6.07, 6.45) is 0.578. The Labute approximate surface area is 103 Å². The van der Waals surface area contributed by atoms with Crippen LogP contribution < -0.4 is 10.2 Å². The summed E-state index contributed by atoms with van der Waals surface area (Å²) in [6.45, 7) is 6.23. The Bertz CT molecular complexity index is 422. The molecular formula is C14H19N3. The standard InChI is InChI=1S/C14H19N3/c1-11-5-3-4-6-14(11)17-10-13(7-8-15)16-9-12(17)2/h3-6,12-13,16H,7,9-10H2,1-2H3. The van der Waals surface area contributed by atoms with Crippen molar-refractivity contribution in [1.29, 1.82) is 5.26 Å². The number of rotatable bonds is 2. The number of nitrogens with zero attached hydrogens (tertiary/aromatic N) is 2. The van der Waals surface area contributed by atoms with Gasteiger partial charge in [-0.05, 0) is 25.5 Å². The lowest BCUT2D eigenvalue weighted by Gasteiger charge is -2.40. The van der Waals surface area contributed by atoms with Gasteiger partial charge in [0.2, 0.25) is 0 Å². The lowest BCUT2D eigenvalue weighted by atomic mass is 10.0. The third-order valence-corrected chi connectivity index (χ3v) is 3.41. The Morgan fingerprint density at radius 2 is 2.24 bits per heavy atom. The third-order valence-electron chi connectivity index (χ3n) is 3.41. The van der Waals surface area contributed by atoms with Crippen LogP contribution in [0.2, 0.25) is 0 Å². The number of aryl methyl sites for hydroxylation is 1. The Morgan fingerprint density at radius 3 is 2.94 bits per heavy atom. The Hall–Kier alpha value is -1.53. The van der Waals surface area contributed by atoms with Crippen molar-refractivity contribution < 1.29 is 0 Å². The maximum atomic E-state index is 8.79. The first-order valence-corrected chi connectivity index (χ1v) is 6.15. The summed E-state index contributed by atoms with van der Waals surface area (Å²) in [6, 6.07) is 11.5. The van der Waals surface area contributed by atoms with Gasteiger partial charge in [-0.25, -0.2) is 0 Å². The quantitative estimate of drug-likeness (QED) is 0.844. The molecule has 3 heteroatoms. The van der Waals surface area contributed by atoms with Crippen LogP contribution in [0.1, 0.15) is 18.9 Å². The number of nitriles is 1. The van der Waals surface area contributed by atoms with Crippen molar-refractivity contribution in [3.8, 4) is 6.07 Å². The topological polar surface area (TPSA) is 39.1 Å². The Morgan fingerprint density at radius 1 is 1.47 bits per heavy atom. The van der Waals surface area contributed by atoms with E-state index >= 15 is 0 Å². The average molecular weight is 229 g/mol. The van der Waals surface area contributed by atoms with Crippen molar-refractivity contribution in [3.63, 3.8) is 0 Å². The maximum Gasteiger partial charge on any atom is 0.0638 e. The minimum Gasteiger partial charge on any atom is -0.366 e. The predicted octanol–water partition coefficient (Wildman–Crippen LogP) is 2.08. The van der Waals surface area contributed by atoms with Crippen LogP contribution in [0.4, 0.5) is 5.69 Å². The minimum absolute atomic E-state index is 0.288. The lowest BCUT2D eigenvalue weighted by Crippen LogP contribution is -2.55. The van der Waals surface area contributed by atoms with Crippen LogP contribution >= 0.6 is 0 Å². The van der Waals surface area contributed by atoms with E-state index < -0.39 is 0 Å². The molecule has 1 N–H and O–H groups in total. The molecule has 2 rings (SSSR count). The predicted molar refractivity (Wildman–Crippen MR) is 70.0 cm³/mol. The number of benzene rings is 1. The molecule has 1 aliphatic heterocycles. The highest BCUT2D eigenvalue weighted by Gasteiger charge is 2.25. The number of hydrogen-bond donors (Lipinski definition) is 1. The molecule has 1 saturated heterocycles. The van der Waals surface area contributed by atoms with Crippen LogP contribution in [0.15, 0.2) is 24.3 Å². The van der Waals surface area contributed by atoms with Gasteiger partial charge in [-0.1, -0.05) is 18.2 Å². The molecule has 2 unspecified atom stereocenters. The molecule has 0 radical (unpaired) electrons. The second kappa shape index (κ2) is 5.20. The van der Waals surface area contributed by atoms with Crippen molar-refractivity contribution in [2.45, 2.75) is 32.4 Å². The van der Waals surface area contributed by atoms with E-state index in [0.29, 0.717) is 12.5 Å². The van der Waals surface area contributed by atoms with Gasteiger partial charge in [0.15, 0.2) is 0 Å². The van der Waals surface area contributed by atoms with Crippen molar-refractivity contribution in [3.05, 3.63) is 29.8 Å². The fraction of sp³-hybridized carbons (Fsp3) is 0.500. The summed E-state index contributed by atoms with van der Waals surface area (Å²) in [7, 11) is 0. The number of anilines is 1. The lowest BCUT2D eigenvalue weighted by molar-refractivity contribution is 0.408. The highest BCUT2D eigenvalue weighted by Crippen LogP contribution is 2.23. The van der Waals surface area contributed by atoms with Crippen molar-refractivity contribution >= 4 is 5.69 Å². The normalized spacial score (nSPS) is 24.4. The van der Waals surface area contributed by atoms with Crippen molar-refractivity contribution in [2.75, 3.05) is 18.0 Å². The molecule has 0 amide bonds.